The molecule has 6 rings (SSSR count). The summed E-state index contributed by atoms with van der Waals surface area (Å²) in [5.41, 5.74) is 10.1. The summed E-state index contributed by atoms with van der Waals surface area (Å²) in [6.45, 7) is 2.73. The molecule has 0 unspecified atom stereocenters. The van der Waals surface area contributed by atoms with Gasteiger partial charge in [0.15, 0.2) is 23.0 Å². The van der Waals surface area contributed by atoms with Gasteiger partial charge < -0.3 is 19.8 Å². The van der Waals surface area contributed by atoms with Crippen molar-refractivity contribution in [3.8, 4) is 11.4 Å². The van der Waals surface area contributed by atoms with Crippen LogP contribution in [-0.4, -0.2) is 47.0 Å². The van der Waals surface area contributed by atoms with Crippen LogP contribution in [0.3, 0.4) is 0 Å². The van der Waals surface area contributed by atoms with Gasteiger partial charge in [-0.15, -0.1) is 0 Å². The van der Waals surface area contributed by atoms with Gasteiger partial charge >= 0.3 is 0 Å². The van der Waals surface area contributed by atoms with Crippen LogP contribution in [0.15, 0.2) is 71.3 Å². The third-order valence-corrected chi connectivity index (χ3v) is 6.17. The summed E-state index contributed by atoms with van der Waals surface area (Å²) >= 11 is 0. The molecule has 0 atom stereocenters. The topological polar surface area (TPSA) is 107 Å². The molecule has 0 radical (unpaired) electrons. The van der Waals surface area contributed by atoms with E-state index in [0.717, 1.165) is 46.5 Å². The number of nitrogens with zero attached hydrogens (tertiary/aromatic N) is 4. The molecule has 0 aliphatic carbocycles. The molecule has 1 aliphatic rings. The molecule has 1 fully saturated rings. The first-order chi connectivity index (χ1) is 17.2. The molecule has 8 nitrogen and oxygen atoms in total. The monoisotopic (exact) mass is 465 g/mol. The van der Waals surface area contributed by atoms with Gasteiger partial charge in [-0.05, 0) is 35.9 Å². The van der Waals surface area contributed by atoms with Crippen LogP contribution in [0.25, 0.3) is 33.5 Å². The lowest BCUT2D eigenvalue weighted by atomic mass is 10.0. The van der Waals surface area contributed by atoms with E-state index in [1.807, 2.05) is 48.5 Å². The summed E-state index contributed by atoms with van der Waals surface area (Å²) in [5.74, 6) is 1.72. The largest absolute Gasteiger partial charge is 0.450 e. The van der Waals surface area contributed by atoms with E-state index >= 15 is 0 Å². The Kier molecular flexibility index (Phi) is 5.35. The van der Waals surface area contributed by atoms with Gasteiger partial charge in [-0.1, -0.05) is 30.3 Å². The standard InChI is InChI=1S/C27H23N5O3/c28-23-9-8-19(16-29-23)21(33)15-17-4-3-5-18(14-17)26-30-24-20-6-1-2-7-22(20)35-25(24)27(31-26)32-10-12-34-13-11-32/h1-9,14,16H,10-13,15H2,(H2,28,29). The highest BCUT2D eigenvalue weighted by molar-refractivity contribution is 6.06. The van der Waals surface area contributed by atoms with Crippen LogP contribution in [-0.2, 0) is 11.2 Å². The first-order valence-corrected chi connectivity index (χ1v) is 11.5. The lowest BCUT2D eigenvalue weighted by Gasteiger charge is -2.27. The quantitative estimate of drug-likeness (QED) is 0.383. The van der Waals surface area contributed by atoms with E-state index in [9.17, 15) is 4.79 Å². The molecule has 1 aliphatic heterocycles. The van der Waals surface area contributed by atoms with Crippen molar-refractivity contribution in [1.29, 1.82) is 0 Å². The number of Topliss-reactive ketones (excluding diaryl/α,β-unsaturated/α-hetero) is 1. The zero-order valence-electron chi connectivity index (χ0n) is 19.0. The molecule has 4 heterocycles. The maximum atomic E-state index is 12.8. The number of ether oxygens (including phenoxy) is 1. The number of pyridine rings is 1. The molecule has 2 aromatic carbocycles. The fourth-order valence-electron chi connectivity index (χ4n) is 4.37. The fourth-order valence-corrected chi connectivity index (χ4v) is 4.37. The number of hydrogen-bond acceptors (Lipinski definition) is 8. The van der Waals surface area contributed by atoms with Gasteiger partial charge in [0.2, 0.25) is 0 Å². The molecular weight excluding hydrogens is 442 g/mol. The number of carbonyl (C=O) groups excluding carboxylic acids is 1. The highest BCUT2D eigenvalue weighted by Crippen LogP contribution is 2.35. The molecule has 1 saturated heterocycles. The number of rotatable bonds is 5. The number of carbonyl (C=O) groups is 1. The van der Waals surface area contributed by atoms with Crippen LogP contribution in [0.1, 0.15) is 15.9 Å². The number of fused-ring (bicyclic) bond motifs is 3. The molecule has 174 valence electrons. The van der Waals surface area contributed by atoms with Gasteiger partial charge in [0.05, 0.1) is 13.2 Å². The van der Waals surface area contributed by atoms with Gasteiger partial charge in [0, 0.05) is 42.2 Å². The molecule has 0 amide bonds. The number of para-hydroxylation sites is 1. The van der Waals surface area contributed by atoms with Crippen LogP contribution >= 0.6 is 0 Å². The van der Waals surface area contributed by atoms with E-state index in [4.69, 9.17) is 24.9 Å². The summed E-state index contributed by atoms with van der Waals surface area (Å²) in [7, 11) is 0. The van der Waals surface area contributed by atoms with Crippen molar-refractivity contribution in [3.63, 3.8) is 0 Å². The van der Waals surface area contributed by atoms with Crippen LogP contribution in [0.2, 0.25) is 0 Å². The smallest absolute Gasteiger partial charge is 0.196 e. The summed E-state index contributed by atoms with van der Waals surface area (Å²) in [6.07, 6.45) is 1.75. The average molecular weight is 466 g/mol. The van der Waals surface area contributed by atoms with Gasteiger partial charge in [-0.3, -0.25) is 4.79 Å². The van der Waals surface area contributed by atoms with Gasteiger partial charge in [-0.25, -0.2) is 15.0 Å². The van der Waals surface area contributed by atoms with Crippen molar-refractivity contribution < 1.29 is 13.9 Å². The number of nitrogens with two attached hydrogens (primary N) is 1. The number of morpholine rings is 1. The van der Waals surface area contributed by atoms with Crippen LogP contribution in [0.5, 0.6) is 0 Å². The Morgan fingerprint density at radius 1 is 1.00 bits per heavy atom. The molecule has 3 aromatic heterocycles. The summed E-state index contributed by atoms with van der Waals surface area (Å²) in [5, 5.41) is 0.947. The number of hydrogen-bond donors (Lipinski definition) is 1. The van der Waals surface area contributed by atoms with Crippen LogP contribution in [0, 0.1) is 0 Å². The zero-order chi connectivity index (χ0) is 23.8. The Bertz CT molecular complexity index is 1540. The second-order valence-corrected chi connectivity index (χ2v) is 8.52. The summed E-state index contributed by atoms with van der Waals surface area (Å²) in [4.78, 5) is 28.8. The Morgan fingerprint density at radius 2 is 1.86 bits per heavy atom. The predicted molar refractivity (Wildman–Crippen MR) is 134 cm³/mol. The highest BCUT2D eigenvalue weighted by atomic mass is 16.5. The Morgan fingerprint density at radius 3 is 2.69 bits per heavy atom. The van der Waals surface area contributed by atoms with E-state index in [2.05, 4.69) is 9.88 Å². The zero-order valence-corrected chi connectivity index (χ0v) is 19.0. The predicted octanol–water partition coefficient (Wildman–Crippen LogP) is 4.28. The van der Waals surface area contributed by atoms with Crippen LogP contribution in [0.4, 0.5) is 11.6 Å². The Labute approximate surface area is 201 Å². The fraction of sp³-hybridized carbons (Fsp3) is 0.185. The number of ketones is 1. The lowest BCUT2D eigenvalue weighted by molar-refractivity contribution is 0.0992. The van der Waals surface area contributed by atoms with Crippen molar-refractivity contribution in [2.24, 2.45) is 0 Å². The first-order valence-electron chi connectivity index (χ1n) is 11.5. The number of aromatic nitrogens is 3. The number of benzene rings is 2. The number of anilines is 2. The SMILES string of the molecule is Nc1ccc(C(=O)Cc2cccc(-c3nc(N4CCOCC4)c4oc5ccccc5c4n3)c2)cn1. The summed E-state index contributed by atoms with van der Waals surface area (Å²) in [6, 6.07) is 19.0. The highest BCUT2D eigenvalue weighted by Gasteiger charge is 2.22. The van der Waals surface area contributed by atoms with E-state index in [0.29, 0.717) is 36.0 Å². The minimum absolute atomic E-state index is 0.0270. The molecule has 0 bridgehead atoms. The molecular formula is C27H23N5O3. The van der Waals surface area contributed by atoms with Gasteiger partial charge in [0.25, 0.3) is 0 Å². The third kappa shape index (κ3) is 4.08. The molecule has 35 heavy (non-hydrogen) atoms. The van der Waals surface area contributed by atoms with E-state index in [1.165, 1.54) is 6.20 Å². The van der Waals surface area contributed by atoms with Gasteiger partial charge in [0.1, 0.15) is 16.9 Å². The maximum absolute atomic E-state index is 12.8. The molecule has 8 heteroatoms. The Hall–Kier alpha value is -4.30. The minimum Gasteiger partial charge on any atom is -0.450 e. The summed E-state index contributed by atoms with van der Waals surface area (Å²) < 4.78 is 11.7. The van der Waals surface area contributed by atoms with Crippen molar-refractivity contribution >= 4 is 39.5 Å². The number of furan rings is 1. The average Bonchev–Trinajstić information content (AvgIpc) is 3.28. The molecule has 0 saturated carbocycles. The second kappa shape index (κ2) is 8.81. The molecule has 2 N–H and O–H groups in total. The van der Waals surface area contributed by atoms with Gasteiger partial charge in [-0.2, -0.15) is 0 Å². The molecule has 5 aromatic rings. The van der Waals surface area contributed by atoms with E-state index in [-0.39, 0.29) is 12.2 Å². The maximum Gasteiger partial charge on any atom is 0.196 e. The lowest BCUT2D eigenvalue weighted by Crippen LogP contribution is -2.37. The molecule has 0 spiro atoms. The second-order valence-electron chi connectivity index (χ2n) is 8.52. The normalized spacial score (nSPS) is 14.0. The Balaban J connectivity index is 1.41. The number of nitrogen functional groups attached to an aromatic ring is 1. The first kappa shape index (κ1) is 21.2. The van der Waals surface area contributed by atoms with Crippen molar-refractivity contribution in [2.45, 2.75) is 6.42 Å². The van der Waals surface area contributed by atoms with E-state index < -0.39 is 0 Å². The van der Waals surface area contributed by atoms with Crippen LogP contribution < -0.4 is 10.6 Å². The van der Waals surface area contributed by atoms with Crippen molar-refractivity contribution in [1.82, 2.24) is 15.0 Å². The minimum atomic E-state index is -0.0270. The van der Waals surface area contributed by atoms with E-state index in [1.54, 1.807) is 12.1 Å². The van der Waals surface area contributed by atoms with Crippen molar-refractivity contribution in [2.75, 3.05) is 36.9 Å². The van der Waals surface area contributed by atoms with Crippen molar-refractivity contribution in [3.05, 3.63) is 78.0 Å². The third-order valence-electron chi connectivity index (χ3n) is 6.17.